The van der Waals surface area contributed by atoms with Crippen LogP contribution in [0.2, 0.25) is 0 Å². The van der Waals surface area contributed by atoms with E-state index in [9.17, 15) is 15.3 Å². The third kappa shape index (κ3) is 6.89. The van der Waals surface area contributed by atoms with Gasteiger partial charge in [0.25, 0.3) is 0 Å². The summed E-state index contributed by atoms with van der Waals surface area (Å²) in [5.41, 5.74) is 2.96. The van der Waals surface area contributed by atoms with Gasteiger partial charge < -0.3 is 20.1 Å². The van der Waals surface area contributed by atoms with Crippen molar-refractivity contribution in [1.29, 1.82) is 0 Å². The average molecular weight is 489 g/mol. The molecule has 0 spiro atoms. The van der Waals surface area contributed by atoms with Gasteiger partial charge in [-0.3, -0.25) is 0 Å². The minimum atomic E-state index is -0.850. The largest absolute Gasteiger partial charge is 0.390 e. The Morgan fingerprint density at radius 1 is 1.20 bits per heavy atom. The highest BCUT2D eigenvalue weighted by molar-refractivity contribution is 5.40. The van der Waals surface area contributed by atoms with Crippen molar-refractivity contribution < 1.29 is 20.1 Å². The Labute approximate surface area is 214 Å². The molecule has 0 heterocycles. The Morgan fingerprint density at radius 3 is 2.63 bits per heavy atom. The first-order valence-electron chi connectivity index (χ1n) is 14.3. The van der Waals surface area contributed by atoms with Crippen molar-refractivity contribution in [1.82, 2.24) is 0 Å². The molecule has 35 heavy (non-hydrogen) atoms. The van der Waals surface area contributed by atoms with Gasteiger partial charge in [0.2, 0.25) is 0 Å². The first-order chi connectivity index (χ1) is 16.5. The van der Waals surface area contributed by atoms with Crippen LogP contribution in [-0.2, 0) is 4.74 Å². The Balaban J connectivity index is 1.67. The molecule has 3 aliphatic carbocycles. The number of fused-ring (bicyclic) bond motifs is 1. The normalized spacial score (nSPS) is 37.1. The lowest BCUT2D eigenvalue weighted by molar-refractivity contribution is -0.0954. The molecule has 4 heteroatoms. The van der Waals surface area contributed by atoms with Crippen LogP contribution in [0.3, 0.4) is 0 Å². The average Bonchev–Trinajstić information content (AvgIpc) is 3.14. The van der Waals surface area contributed by atoms with E-state index in [1.807, 2.05) is 13.8 Å². The van der Waals surface area contributed by atoms with Gasteiger partial charge in [0, 0.05) is 13.0 Å². The Morgan fingerprint density at radius 2 is 1.94 bits per heavy atom. The molecule has 0 aliphatic heterocycles. The zero-order valence-corrected chi connectivity index (χ0v) is 23.1. The molecule has 0 saturated heterocycles. The number of unbranched alkanes of at least 4 members (excludes halogenated alkanes) is 1. The minimum absolute atomic E-state index is 0.345. The molecule has 7 atom stereocenters. The fourth-order valence-electron chi connectivity index (χ4n) is 7.29. The first kappa shape index (κ1) is 28.6. The SMILES string of the molecule is C=C1C(=CC=C2CCC[C@]3(C)[C@@H]([C@H](C)CCCC(C)(C)O)CC[C@@H]23)C[C@@H](O)[C@@H](OCCCC)[C@@H]1O. The molecule has 0 unspecified atom stereocenters. The molecule has 3 aliphatic rings. The van der Waals surface area contributed by atoms with E-state index in [0.29, 0.717) is 35.9 Å². The third-order valence-corrected chi connectivity index (χ3v) is 9.37. The molecule has 3 rings (SSSR count). The van der Waals surface area contributed by atoms with E-state index in [2.05, 4.69) is 39.5 Å². The van der Waals surface area contributed by atoms with Crippen molar-refractivity contribution in [2.75, 3.05) is 6.61 Å². The summed E-state index contributed by atoms with van der Waals surface area (Å²) >= 11 is 0. The van der Waals surface area contributed by atoms with Crippen molar-refractivity contribution in [3.63, 3.8) is 0 Å². The number of allylic oxidation sites excluding steroid dienone is 3. The maximum absolute atomic E-state index is 10.8. The van der Waals surface area contributed by atoms with E-state index in [4.69, 9.17) is 4.74 Å². The zero-order chi connectivity index (χ0) is 25.8. The van der Waals surface area contributed by atoms with Crippen LogP contribution in [0, 0.1) is 23.2 Å². The maximum Gasteiger partial charge on any atom is 0.114 e. The number of hydrogen-bond acceptors (Lipinski definition) is 4. The van der Waals surface area contributed by atoms with Crippen molar-refractivity contribution in [3.8, 4) is 0 Å². The van der Waals surface area contributed by atoms with Crippen LogP contribution in [0.15, 0.2) is 35.5 Å². The van der Waals surface area contributed by atoms with Gasteiger partial charge >= 0.3 is 0 Å². The Kier molecular flexibility index (Phi) is 9.87. The van der Waals surface area contributed by atoms with Crippen molar-refractivity contribution in [3.05, 3.63) is 35.5 Å². The lowest BCUT2D eigenvalue weighted by Gasteiger charge is -2.44. The van der Waals surface area contributed by atoms with E-state index < -0.39 is 23.9 Å². The summed E-state index contributed by atoms with van der Waals surface area (Å²) in [6, 6.07) is 0. The Hall–Kier alpha value is -0.940. The van der Waals surface area contributed by atoms with E-state index >= 15 is 0 Å². The summed E-state index contributed by atoms with van der Waals surface area (Å²) in [4.78, 5) is 0. The summed E-state index contributed by atoms with van der Waals surface area (Å²) in [6.07, 6.45) is 14.1. The molecule has 3 fully saturated rings. The predicted octanol–water partition coefficient (Wildman–Crippen LogP) is 6.50. The van der Waals surface area contributed by atoms with Gasteiger partial charge in [0.15, 0.2) is 0 Å². The highest BCUT2D eigenvalue weighted by Gasteiger charge is 2.50. The topological polar surface area (TPSA) is 69.9 Å². The van der Waals surface area contributed by atoms with E-state index in [1.165, 1.54) is 37.7 Å². The molecule has 0 amide bonds. The van der Waals surface area contributed by atoms with Crippen LogP contribution in [0.4, 0.5) is 0 Å². The second-order valence-corrected chi connectivity index (χ2v) is 12.6. The van der Waals surface area contributed by atoms with Crippen LogP contribution >= 0.6 is 0 Å². The number of hydrogen-bond donors (Lipinski definition) is 3. The number of aliphatic hydroxyl groups is 3. The van der Waals surface area contributed by atoms with Crippen molar-refractivity contribution in [2.24, 2.45) is 23.2 Å². The zero-order valence-electron chi connectivity index (χ0n) is 23.1. The molecule has 0 radical (unpaired) electrons. The Bertz CT molecular complexity index is 775. The number of ether oxygens (including phenoxy) is 1. The molecule has 0 bridgehead atoms. The highest BCUT2D eigenvalue weighted by Crippen LogP contribution is 2.60. The van der Waals surface area contributed by atoms with Crippen molar-refractivity contribution >= 4 is 0 Å². The molecule has 0 aromatic heterocycles. The van der Waals surface area contributed by atoms with Crippen LogP contribution < -0.4 is 0 Å². The summed E-state index contributed by atoms with van der Waals surface area (Å²) in [5.74, 6) is 2.03. The molecule has 0 aromatic rings. The molecular weight excluding hydrogens is 436 g/mol. The fraction of sp³-hybridized carbons (Fsp3) is 0.806. The van der Waals surface area contributed by atoms with E-state index in [-0.39, 0.29) is 0 Å². The van der Waals surface area contributed by atoms with E-state index in [0.717, 1.165) is 43.6 Å². The fourth-order valence-corrected chi connectivity index (χ4v) is 7.29. The summed E-state index contributed by atoms with van der Waals surface area (Å²) in [7, 11) is 0. The number of aliphatic hydroxyl groups excluding tert-OH is 2. The van der Waals surface area contributed by atoms with Crippen LogP contribution in [0.1, 0.15) is 105 Å². The molecule has 3 saturated carbocycles. The lowest BCUT2D eigenvalue weighted by atomic mass is 9.60. The van der Waals surface area contributed by atoms with E-state index in [1.54, 1.807) is 0 Å². The van der Waals surface area contributed by atoms with Gasteiger partial charge in [-0.25, -0.2) is 0 Å². The smallest absolute Gasteiger partial charge is 0.114 e. The van der Waals surface area contributed by atoms with Crippen LogP contribution in [-0.4, -0.2) is 45.8 Å². The molecule has 4 nitrogen and oxygen atoms in total. The molecule has 3 N–H and O–H groups in total. The second-order valence-electron chi connectivity index (χ2n) is 12.6. The maximum atomic E-state index is 10.8. The van der Waals surface area contributed by atoms with Gasteiger partial charge in [-0.1, -0.05) is 64.3 Å². The van der Waals surface area contributed by atoms with Crippen LogP contribution in [0.5, 0.6) is 0 Å². The van der Waals surface area contributed by atoms with Gasteiger partial charge in [0.05, 0.1) is 11.7 Å². The highest BCUT2D eigenvalue weighted by atomic mass is 16.5. The van der Waals surface area contributed by atoms with Crippen molar-refractivity contribution in [2.45, 2.75) is 129 Å². The lowest BCUT2D eigenvalue weighted by Crippen LogP contribution is -2.45. The van der Waals surface area contributed by atoms with Gasteiger partial charge in [-0.15, -0.1) is 0 Å². The third-order valence-electron chi connectivity index (χ3n) is 9.37. The van der Waals surface area contributed by atoms with Crippen LogP contribution in [0.25, 0.3) is 0 Å². The van der Waals surface area contributed by atoms with Gasteiger partial charge in [-0.05, 0) is 93.1 Å². The predicted molar refractivity (Wildman–Crippen MR) is 144 cm³/mol. The summed E-state index contributed by atoms with van der Waals surface area (Å²) in [5, 5.41) is 31.5. The standard InChI is InChI=1S/C31H52O4/c1-7-8-19-35-29-27(32)20-24(22(3)28(29)33)14-13-23-12-10-18-31(6)25(15-16-26(23)31)21(2)11-9-17-30(4,5)34/h13-14,21,25-29,32-34H,3,7-12,15-20H2,1-2,4-6H3/t21-,25-,26+,27-,28-,29-,31-/m1/s1. The second kappa shape index (κ2) is 12.1. The molecular formula is C31H52O4. The first-order valence-corrected chi connectivity index (χ1v) is 14.3. The van der Waals surface area contributed by atoms with Gasteiger partial charge in [-0.2, -0.15) is 0 Å². The quantitative estimate of drug-likeness (QED) is 0.307. The molecule has 200 valence electrons. The summed E-state index contributed by atoms with van der Waals surface area (Å²) < 4.78 is 5.79. The molecule has 0 aromatic carbocycles. The number of rotatable bonds is 10. The summed E-state index contributed by atoms with van der Waals surface area (Å²) in [6.45, 7) is 15.6. The monoisotopic (exact) mass is 488 g/mol. The van der Waals surface area contributed by atoms with Gasteiger partial charge in [0.1, 0.15) is 12.2 Å². The minimum Gasteiger partial charge on any atom is -0.390 e.